The Morgan fingerprint density at radius 1 is 0.867 bits per heavy atom. The Kier molecular flexibility index (Phi) is 6.23. The fraction of sp³-hybridized carbons (Fsp3) is 0.0476. The van der Waals surface area contributed by atoms with Gasteiger partial charge >= 0.3 is 5.97 Å². The highest BCUT2D eigenvalue weighted by molar-refractivity contribution is 9.10. The van der Waals surface area contributed by atoms with Crippen LogP contribution < -0.4 is 10.0 Å². The number of amides is 1. The van der Waals surface area contributed by atoms with Crippen LogP contribution in [-0.2, 0) is 10.0 Å². The molecule has 0 aliphatic carbocycles. The van der Waals surface area contributed by atoms with Crippen LogP contribution in [-0.4, -0.2) is 25.4 Å². The van der Waals surface area contributed by atoms with Crippen molar-refractivity contribution in [1.82, 2.24) is 0 Å². The highest BCUT2D eigenvalue weighted by atomic mass is 79.9. The van der Waals surface area contributed by atoms with E-state index in [4.69, 9.17) is 5.11 Å². The molecule has 3 rings (SSSR count). The van der Waals surface area contributed by atoms with E-state index >= 15 is 0 Å². The molecular weight excluding hydrogens is 472 g/mol. The lowest BCUT2D eigenvalue weighted by molar-refractivity contribution is 0.0696. The Bertz CT molecular complexity index is 1210. The molecule has 7 nitrogen and oxygen atoms in total. The van der Waals surface area contributed by atoms with Crippen molar-refractivity contribution < 1.29 is 23.1 Å². The lowest BCUT2D eigenvalue weighted by Crippen LogP contribution is -2.17. The first-order valence-electron chi connectivity index (χ1n) is 8.69. The van der Waals surface area contributed by atoms with Gasteiger partial charge in [0.15, 0.2) is 0 Å². The Labute approximate surface area is 181 Å². The average Bonchev–Trinajstić information content (AvgIpc) is 2.70. The number of aromatic carboxylic acids is 1. The number of carbonyl (C=O) groups excluding carboxylic acids is 1. The highest BCUT2D eigenvalue weighted by Crippen LogP contribution is 2.22. The van der Waals surface area contributed by atoms with Crippen molar-refractivity contribution in [1.29, 1.82) is 0 Å². The van der Waals surface area contributed by atoms with E-state index in [0.717, 1.165) is 4.47 Å². The largest absolute Gasteiger partial charge is 0.478 e. The summed E-state index contributed by atoms with van der Waals surface area (Å²) >= 11 is 3.32. The first-order chi connectivity index (χ1) is 14.2. The summed E-state index contributed by atoms with van der Waals surface area (Å²) < 4.78 is 29.0. The fourth-order valence-corrected chi connectivity index (χ4v) is 4.25. The van der Waals surface area contributed by atoms with Crippen molar-refractivity contribution in [2.45, 2.75) is 11.8 Å². The van der Waals surface area contributed by atoms with Crippen LogP contribution in [0.2, 0.25) is 0 Å². The summed E-state index contributed by atoms with van der Waals surface area (Å²) in [6, 6.07) is 16.7. The minimum atomic E-state index is -4.00. The van der Waals surface area contributed by atoms with Crippen LogP contribution in [0.4, 0.5) is 11.4 Å². The lowest BCUT2D eigenvalue weighted by Gasteiger charge is -2.12. The molecule has 0 atom stereocenters. The maximum atomic E-state index is 12.8. The number of nitrogens with one attached hydrogen (secondary N) is 2. The van der Waals surface area contributed by atoms with Crippen LogP contribution in [0.5, 0.6) is 0 Å². The minimum absolute atomic E-state index is 0.0424. The number of aryl methyl sites for hydroxylation is 1. The summed E-state index contributed by atoms with van der Waals surface area (Å²) in [4.78, 5) is 23.4. The lowest BCUT2D eigenvalue weighted by atomic mass is 10.1. The molecule has 0 heterocycles. The molecule has 0 spiro atoms. The first kappa shape index (κ1) is 21.5. The van der Waals surface area contributed by atoms with Gasteiger partial charge in [-0.3, -0.25) is 9.52 Å². The summed E-state index contributed by atoms with van der Waals surface area (Å²) in [5, 5.41) is 11.7. The molecule has 0 aromatic heterocycles. The summed E-state index contributed by atoms with van der Waals surface area (Å²) in [5.74, 6) is -1.55. The third-order valence-electron chi connectivity index (χ3n) is 4.23. The topological polar surface area (TPSA) is 113 Å². The molecule has 0 radical (unpaired) electrons. The SMILES string of the molecule is Cc1ccc(C(=O)Nc2ccc(Br)cc2)cc1S(=O)(=O)Nc1ccc(C(=O)O)cc1. The monoisotopic (exact) mass is 488 g/mol. The molecule has 0 aliphatic heterocycles. The van der Waals surface area contributed by atoms with Crippen LogP contribution in [0.3, 0.4) is 0 Å². The minimum Gasteiger partial charge on any atom is -0.478 e. The molecule has 0 unspecified atom stereocenters. The summed E-state index contributed by atoms with van der Waals surface area (Å²) in [7, 11) is -4.00. The molecule has 3 aromatic carbocycles. The van der Waals surface area contributed by atoms with Crippen LogP contribution in [0, 0.1) is 6.92 Å². The number of anilines is 2. The van der Waals surface area contributed by atoms with Gasteiger partial charge in [-0.05, 0) is 73.2 Å². The van der Waals surface area contributed by atoms with Gasteiger partial charge in [0.05, 0.1) is 10.5 Å². The molecule has 0 fully saturated rings. The van der Waals surface area contributed by atoms with Gasteiger partial charge in [-0.25, -0.2) is 13.2 Å². The number of benzene rings is 3. The zero-order valence-corrected chi connectivity index (χ0v) is 18.1. The van der Waals surface area contributed by atoms with E-state index in [1.807, 2.05) is 0 Å². The molecule has 30 heavy (non-hydrogen) atoms. The number of sulfonamides is 1. The van der Waals surface area contributed by atoms with Crippen LogP contribution in [0.25, 0.3) is 0 Å². The van der Waals surface area contributed by atoms with E-state index in [-0.39, 0.29) is 21.7 Å². The van der Waals surface area contributed by atoms with Crippen LogP contribution >= 0.6 is 15.9 Å². The van der Waals surface area contributed by atoms with E-state index in [1.165, 1.54) is 30.3 Å². The zero-order valence-electron chi connectivity index (χ0n) is 15.7. The first-order valence-corrected chi connectivity index (χ1v) is 11.0. The number of halogens is 1. The van der Waals surface area contributed by atoms with Gasteiger partial charge in [-0.2, -0.15) is 0 Å². The van der Waals surface area contributed by atoms with Gasteiger partial charge < -0.3 is 10.4 Å². The van der Waals surface area contributed by atoms with Crippen molar-refractivity contribution in [2.24, 2.45) is 0 Å². The number of carbonyl (C=O) groups is 2. The second-order valence-corrected chi connectivity index (χ2v) is 9.00. The molecule has 3 N–H and O–H groups in total. The van der Waals surface area contributed by atoms with E-state index in [0.29, 0.717) is 11.3 Å². The van der Waals surface area contributed by atoms with Crippen molar-refractivity contribution in [3.63, 3.8) is 0 Å². The average molecular weight is 489 g/mol. The quantitative estimate of drug-likeness (QED) is 0.472. The zero-order chi connectivity index (χ0) is 21.9. The number of hydrogen-bond acceptors (Lipinski definition) is 4. The Morgan fingerprint density at radius 2 is 1.43 bits per heavy atom. The second kappa shape index (κ2) is 8.68. The molecule has 0 saturated heterocycles. The van der Waals surface area contributed by atoms with Crippen molar-refractivity contribution in [3.05, 3.63) is 87.9 Å². The number of hydrogen-bond donors (Lipinski definition) is 3. The predicted molar refractivity (Wildman–Crippen MR) is 117 cm³/mol. The summed E-state index contributed by atoms with van der Waals surface area (Å²) in [6.45, 7) is 1.62. The third kappa shape index (κ3) is 5.05. The van der Waals surface area contributed by atoms with Gasteiger partial charge in [0.1, 0.15) is 0 Å². The Hall–Kier alpha value is -3.17. The number of carboxylic acid groups (broad SMARTS) is 1. The number of carboxylic acids is 1. The number of rotatable bonds is 6. The molecule has 1 amide bonds. The molecule has 0 aliphatic rings. The Morgan fingerprint density at radius 3 is 2.03 bits per heavy atom. The fourth-order valence-electron chi connectivity index (χ4n) is 2.66. The van der Waals surface area contributed by atoms with E-state index in [2.05, 4.69) is 26.0 Å². The van der Waals surface area contributed by atoms with E-state index in [9.17, 15) is 18.0 Å². The highest BCUT2D eigenvalue weighted by Gasteiger charge is 2.20. The van der Waals surface area contributed by atoms with Gasteiger partial charge in [0.2, 0.25) is 0 Å². The Balaban J connectivity index is 1.84. The molecular formula is C21H17BrN2O5S. The van der Waals surface area contributed by atoms with Crippen molar-refractivity contribution in [3.8, 4) is 0 Å². The van der Waals surface area contributed by atoms with Crippen molar-refractivity contribution in [2.75, 3.05) is 10.0 Å². The van der Waals surface area contributed by atoms with Crippen LogP contribution in [0.15, 0.2) is 76.1 Å². The standard InChI is InChI=1S/C21H17BrN2O5S/c1-13-2-3-15(20(25)23-17-10-6-16(22)7-11-17)12-19(13)30(28,29)24-18-8-4-14(5-9-18)21(26)27/h2-12,24H,1H3,(H,23,25)(H,26,27). The molecule has 9 heteroatoms. The predicted octanol–water partition coefficient (Wildman–Crippen LogP) is 4.51. The molecule has 0 bridgehead atoms. The van der Waals surface area contributed by atoms with Gasteiger partial charge in [0, 0.05) is 21.4 Å². The normalized spacial score (nSPS) is 11.0. The molecule has 3 aromatic rings. The van der Waals surface area contributed by atoms with E-state index < -0.39 is 21.9 Å². The molecule has 154 valence electrons. The maximum absolute atomic E-state index is 12.8. The smallest absolute Gasteiger partial charge is 0.335 e. The van der Waals surface area contributed by atoms with Gasteiger partial charge in [-0.15, -0.1) is 0 Å². The van der Waals surface area contributed by atoms with Gasteiger partial charge in [-0.1, -0.05) is 22.0 Å². The second-order valence-electron chi connectivity index (χ2n) is 6.43. The van der Waals surface area contributed by atoms with E-state index in [1.54, 1.807) is 43.3 Å². The summed E-state index contributed by atoms with van der Waals surface area (Å²) in [6.07, 6.45) is 0. The maximum Gasteiger partial charge on any atom is 0.335 e. The summed E-state index contributed by atoms with van der Waals surface area (Å²) in [5.41, 5.74) is 1.48. The van der Waals surface area contributed by atoms with Crippen molar-refractivity contribution >= 4 is 49.2 Å². The van der Waals surface area contributed by atoms with Gasteiger partial charge in [0.25, 0.3) is 15.9 Å². The van der Waals surface area contributed by atoms with Crippen LogP contribution in [0.1, 0.15) is 26.3 Å². The third-order valence-corrected chi connectivity index (χ3v) is 6.28. The molecule has 0 saturated carbocycles.